The molecule has 1 amide bonds. The minimum Gasteiger partial charge on any atom is -0.327 e. The van der Waals surface area contributed by atoms with E-state index in [1.807, 2.05) is 69.4 Å². The van der Waals surface area contributed by atoms with E-state index in [0.29, 0.717) is 5.02 Å². The van der Waals surface area contributed by atoms with Crippen LogP contribution in [0.4, 0.5) is 5.69 Å². The fourth-order valence-corrected chi connectivity index (χ4v) is 3.41. The lowest BCUT2D eigenvalue weighted by molar-refractivity contribution is -0.116. The van der Waals surface area contributed by atoms with Crippen LogP contribution in [0.25, 0.3) is 22.4 Å². The molecule has 2 heterocycles. The number of hydrogen-bond acceptors (Lipinski definition) is 3. The second kappa shape index (κ2) is 7.13. The molecule has 0 saturated heterocycles. The second-order valence-corrected chi connectivity index (χ2v) is 7.13. The number of hydrogen-bond donors (Lipinski definition) is 1. The Morgan fingerprint density at radius 3 is 2.46 bits per heavy atom. The molecule has 0 bridgehead atoms. The number of halogens is 1. The molecule has 0 unspecified atom stereocenters. The number of imidazole rings is 1. The van der Waals surface area contributed by atoms with Gasteiger partial charge in [-0.15, -0.1) is 0 Å². The van der Waals surface area contributed by atoms with Crippen molar-refractivity contribution in [3.63, 3.8) is 0 Å². The Hall–Kier alpha value is -3.12. The van der Waals surface area contributed by atoms with Crippen LogP contribution in [0.1, 0.15) is 11.4 Å². The lowest BCUT2D eigenvalue weighted by Crippen LogP contribution is -2.20. The van der Waals surface area contributed by atoms with Crippen molar-refractivity contribution < 1.29 is 4.79 Å². The molecule has 0 radical (unpaired) electrons. The van der Waals surface area contributed by atoms with Crippen LogP contribution in [-0.2, 0) is 18.4 Å². The van der Waals surface area contributed by atoms with Crippen molar-refractivity contribution in [3.05, 3.63) is 64.9 Å². The molecule has 0 atom stereocenters. The van der Waals surface area contributed by atoms with E-state index in [0.717, 1.165) is 39.5 Å². The summed E-state index contributed by atoms with van der Waals surface area (Å²) in [6.07, 6.45) is 0. The molecule has 0 spiro atoms. The van der Waals surface area contributed by atoms with Crippen LogP contribution in [0.3, 0.4) is 0 Å². The summed E-state index contributed by atoms with van der Waals surface area (Å²) in [5.74, 6) is 0.731. The third kappa shape index (κ3) is 3.27. The summed E-state index contributed by atoms with van der Waals surface area (Å²) < 4.78 is 3.68. The van der Waals surface area contributed by atoms with Crippen molar-refractivity contribution in [1.82, 2.24) is 19.3 Å². The highest BCUT2D eigenvalue weighted by Crippen LogP contribution is 2.25. The van der Waals surface area contributed by atoms with Gasteiger partial charge in [0.15, 0.2) is 0 Å². The molecule has 7 heteroatoms. The van der Waals surface area contributed by atoms with E-state index in [1.54, 1.807) is 4.68 Å². The number of carbonyl (C=O) groups excluding carboxylic acids is 1. The van der Waals surface area contributed by atoms with Gasteiger partial charge in [0.05, 0.1) is 27.4 Å². The van der Waals surface area contributed by atoms with E-state index >= 15 is 0 Å². The van der Waals surface area contributed by atoms with Gasteiger partial charge in [0.2, 0.25) is 5.91 Å². The van der Waals surface area contributed by atoms with Crippen LogP contribution < -0.4 is 5.32 Å². The number of aromatic nitrogens is 4. The largest absolute Gasteiger partial charge is 0.327 e. The standard InChI is InChI=1S/C21H20ClN5O/c1-13-20(22)14(2)27(25-13)12-19(28)23-16-10-8-15(9-11-16)21-24-17-6-4-5-7-18(17)26(21)3/h4-11H,12H2,1-3H3,(H,23,28). The van der Waals surface area contributed by atoms with Crippen LogP contribution in [0, 0.1) is 13.8 Å². The average molecular weight is 394 g/mol. The van der Waals surface area contributed by atoms with E-state index in [2.05, 4.69) is 15.0 Å². The van der Waals surface area contributed by atoms with Crippen LogP contribution >= 0.6 is 11.6 Å². The van der Waals surface area contributed by atoms with Crippen molar-refractivity contribution >= 4 is 34.2 Å². The fourth-order valence-electron chi connectivity index (χ4n) is 3.27. The zero-order chi connectivity index (χ0) is 19.8. The summed E-state index contributed by atoms with van der Waals surface area (Å²) in [5.41, 5.74) is 5.26. The molecule has 0 aliphatic rings. The predicted molar refractivity (Wildman–Crippen MR) is 111 cm³/mol. The zero-order valence-corrected chi connectivity index (χ0v) is 16.7. The normalized spacial score (nSPS) is 11.1. The molecular formula is C21H20ClN5O. The van der Waals surface area contributed by atoms with Crippen molar-refractivity contribution in [3.8, 4) is 11.4 Å². The molecule has 142 valence electrons. The molecule has 2 aromatic carbocycles. The molecule has 4 aromatic rings. The molecule has 6 nitrogen and oxygen atoms in total. The van der Waals surface area contributed by atoms with Gasteiger partial charge >= 0.3 is 0 Å². The third-order valence-electron chi connectivity index (χ3n) is 4.80. The number of carbonyl (C=O) groups is 1. The van der Waals surface area contributed by atoms with Crippen molar-refractivity contribution in [2.45, 2.75) is 20.4 Å². The van der Waals surface area contributed by atoms with E-state index in [9.17, 15) is 4.79 Å². The van der Waals surface area contributed by atoms with E-state index in [4.69, 9.17) is 16.6 Å². The van der Waals surface area contributed by atoms with Crippen LogP contribution in [0.5, 0.6) is 0 Å². The fraction of sp³-hybridized carbons (Fsp3) is 0.190. The number of rotatable bonds is 4. The number of nitrogens with one attached hydrogen (secondary N) is 1. The average Bonchev–Trinajstić information content (AvgIpc) is 3.14. The maximum absolute atomic E-state index is 12.3. The zero-order valence-electron chi connectivity index (χ0n) is 15.9. The predicted octanol–water partition coefficient (Wildman–Crippen LogP) is 4.35. The summed E-state index contributed by atoms with van der Waals surface area (Å²) in [6, 6.07) is 15.7. The highest BCUT2D eigenvalue weighted by molar-refractivity contribution is 6.31. The summed E-state index contributed by atoms with van der Waals surface area (Å²) in [6.45, 7) is 3.79. The number of nitrogens with zero attached hydrogens (tertiary/aromatic N) is 4. The van der Waals surface area contributed by atoms with E-state index in [-0.39, 0.29) is 12.5 Å². The molecule has 0 saturated carbocycles. The summed E-state index contributed by atoms with van der Waals surface area (Å²) in [4.78, 5) is 17.1. The van der Waals surface area contributed by atoms with Gasteiger partial charge in [-0.1, -0.05) is 23.7 Å². The Labute approximate surface area is 167 Å². The number of anilines is 1. The lowest BCUT2D eigenvalue weighted by Gasteiger charge is -2.08. The van der Waals surface area contributed by atoms with E-state index in [1.165, 1.54) is 0 Å². The van der Waals surface area contributed by atoms with Gasteiger partial charge < -0.3 is 9.88 Å². The Morgan fingerprint density at radius 2 is 1.82 bits per heavy atom. The number of fused-ring (bicyclic) bond motifs is 1. The molecule has 2 aromatic heterocycles. The Morgan fingerprint density at radius 1 is 1.11 bits per heavy atom. The van der Waals surface area contributed by atoms with E-state index < -0.39 is 0 Å². The first kappa shape index (κ1) is 18.3. The summed E-state index contributed by atoms with van der Waals surface area (Å²) in [7, 11) is 2.00. The highest BCUT2D eigenvalue weighted by Gasteiger charge is 2.13. The van der Waals surface area contributed by atoms with Gasteiger partial charge in [0.25, 0.3) is 0 Å². The monoisotopic (exact) mass is 393 g/mol. The topological polar surface area (TPSA) is 64.7 Å². The number of amides is 1. The van der Waals surface area contributed by atoms with Gasteiger partial charge in [-0.05, 0) is 50.2 Å². The van der Waals surface area contributed by atoms with Crippen LogP contribution in [0.15, 0.2) is 48.5 Å². The molecule has 0 aliphatic heterocycles. The Balaban J connectivity index is 1.50. The molecule has 28 heavy (non-hydrogen) atoms. The highest BCUT2D eigenvalue weighted by atomic mass is 35.5. The van der Waals surface area contributed by atoms with Crippen LogP contribution in [0.2, 0.25) is 5.02 Å². The van der Waals surface area contributed by atoms with Gasteiger partial charge in [-0.25, -0.2) is 4.98 Å². The molecule has 4 rings (SSSR count). The molecule has 0 aliphatic carbocycles. The first-order valence-electron chi connectivity index (χ1n) is 8.95. The first-order valence-corrected chi connectivity index (χ1v) is 9.33. The maximum atomic E-state index is 12.3. The minimum atomic E-state index is -0.155. The van der Waals surface area contributed by atoms with Crippen molar-refractivity contribution in [2.24, 2.45) is 7.05 Å². The Bertz CT molecular complexity index is 1170. The number of para-hydroxylation sites is 2. The number of aryl methyl sites for hydroxylation is 2. The Kier molecular flexibility index (Phi) is 4.65. The molecule has 1 N–H and O–H groups in total. The summed E-state index contributed by atoms with van der Waals surface area (Å²) in [5, 5.41) is 7.78. The third-order valence-corrected chi connectivity index (χ3v) is 5.35. The maximum Gasteiger partial charge on any atom is 0.246 e. The second-order valence-electron chi connectivity index (χ2n) is 6.75. The number of benzene rings is 2. The smallest absolute Gasteiger partial charge is 0.246 e. The molecule has 0 fully saturated rings. The van der Waals surface area contributed by atoms with Crippen molar-refractivity contribution in [2.75, 3.05) is 5.32 Å². The SMILES string of the molecule is Cc1nn(CC(=O)Nc2ccc(-c3nc4ccccc4n3C)cc2)c(C)c1Cl. The van der Waals surface area contributed by atoms with Gasteiger partial charge in [0.1, 0.15) is 12.4 Å². The quantitative estimate of drug-likeness (QED) is 0.560. The first-order chi connectivity index (χ1) is 13.4. The minimum absolute atomic E-state index is 0.117. The van der Waals surface area contributed by atoms with Crippen molar-refractivity contribution in [1.29, 1.82) is 0 Å². The van der Waals surface area contributed by atoms with Crippen LogP contribution in [-0.4, -0.2) is 25.2 Å². The van der Waals surface area contributed by atoms with Gasteiger partial charge in [-0.3, -0.25) is 9.48 Å². The summed E-state index contributed by atoms with van der Waals surface area (Å²) >= 11 is 6.14. The van der Waals surface area contributed by atoms with Gasteiger partial charge in [-0.2, -0.15) is 5.10 Å². The lowest BCUT2D eigenvalue weighted by atomic mass is 10.2. The van der Waals surface area contributed by atoms with Gasteiger partial charge in [0, 0.05) is 18.3 Å². The molecular weight excluding hydrogens is 374 g/mol.